The maximum absolute atomic E-state index is 11.0. The van der Waals surface area contributed by atoms with Crippen molar-refractivity contribution in [3.63, 3.8) is 0 Å². The molecule has 1 aromatic carbocycles. The van der Waals surface area contributed by atoms with Gasteiger partial charge in [0.05, 0.1) is 13.0 Å². The Hall–Kier alpha value is -1.31. The van der Waals surface area contributed by atoms with Gasteiger partial charge in [-0.2, -0.15) is 0 Å². The third-order valence-electron chi connectivity index (χ3n) is 1.50. The van der Waals surface area contributed by atoms with Crippen LogP contribution in [0.1, 0.15) is 32.8 Å². The van der Waals surface area contributed by atoms with Crippen LogP contribution in [0, 0.1) is 0 Å². The van der Waals surface area contributed by atoms with Crippen LogP contribution in [0.25, 0.3) is 0 Å². The molecule has 1 aromatic rings. The maximum atomic E-state index is 11.0. The summed E-state index contributed by atoms with van der Waals surface area (Å²) in [4.78, 5) is 11.0. The first-order chi connectivity index (χ1) is 7.24. The highest BCUT2D eigenvalue weighted by molar-refractivity contribution is 5.72. The van der Waals surface area contributed by atoms with Gasteiger partial charge in [0, 0.05) is 0 Å². The van der Waals surface area contributed by atoms with Gasteiger partial charge in [0.15, 0.2) is 0 Å². The Bertz CT molecular complexity index is 254. The Labute approximate surface area is 92.3 Å². The van der Waals surface area contributed by atoms with Crippen molar-refractivity contribution in [2.24, 2.45) is 0 Å². The summed E-state index contributed by atoms with van der Waals surface area (Å²) in [5.74, 6) is -0.163. The molecule has 0 N–H and O–H groups in total. The molecule has 84 valence electrons. The third kappa shape index (κ3) is 7.74. The summed E-state index contributed by atoms with van der Waals surface area (Å²) in [6.45, 7) is 6.51. The van der Waals surface area contributed by atoms with Gasteiger partial charge in [0.1, 0.15) is 0 Å². The van der Waals surface area contributed by atoms with Crippen LogP contribution in [0.15, 0.2) is 30.3 Å². The average molecular weight is 208 g/mol. The average Bonchev–Trinajstić information content (AvgIpc) is 2.20. The fourth-order valence-electron chi connectivity index (χ4n) is 0.975. The zero-order chi connectivity index (χ0) is 11.5. The van der Waals surface area contributed by atoms with Crippen molar-refractivity contribution < 1.29 is 9.53 Å². The molecule has 0 saturated heterocycles. The fraction of sp³-hybridized carbons (Fsp3) is 0.462. The van der Waals surface area contributed by atoms with E-state index >= 15 is 0 Å². The molecule has 0 amide bonds. The molecule has 1 rings (SSSR count). The van der Waals surface area contributed by atoms with Crippen LogP contribution in [0.5, 0.6) is 0 Å². The zero-order valence-corrected chi connectivity index (χ0v) is 9.82. The molecule has 0 atom stereocenters. The van der Waals surface area contributed by atoms with Gasteiger partial charge in [0.2, 0.25) is 0 Å². The molecule has 0 aromatic heterocycles. The van der Waals surface area contributed by atoms with Gasteiger partial charge in [-0.15, -0.1) is 0 Å². The molecule has 0 saturated carbocycles. The standard InChI is InChI=1S/C10H12O2.C3H8/c1-2-12-10(11)8-9-6-4-3-5-7-9;1-3-2/h3-7H,2,8H2,1H3;3H2,1-2H3. The normalized spacial score (nSPS) is 8.73. The summed E-state index contributed by atoms with van der Waals surface area (Å²) >= 11 is 0. The first-order valence-electron chi connectivity index (χ1n) is 5.44. The number of hydrogen-bond donors (Lipinski definition) is 0. The minimum Gasteiger partial charge on any atom is -0.466 e. The molecule has 0 aliphatic rings. The smallest absolute Gasteiger partial charge is 0.310 e. The van der Waals surface area contributed by atoms with Crippen molar-refractivity contribution in [3.8, 4) is 0 Å². The molecule has 0 heterocycles. The highest BCUT2D eigenvalue weighted by atomic mass is 16.5. The molecule has 0 fully saturated rings. The first kappa shape index (κ1) is 13.7. The molecule has 0 spiro atoms. The largest absolute Gasteiger partial charge is 0.466 e. The van der Waals surface area contributed by atoms with Gasteiger partial charge in [-0.05, 0) is 12.5 Å². The van der Waals surface area contributed by atoms with E-state index in [2.05, 4.69) is 13.8 Å². The number of carbonyl (C=O) groups is 1. The van der Waals surface area contributed by atoms with Crippen LogP contribution in [0.2, 0.25) is 0 Å². The van der Waals surface area contributed by atoms with Crippen molar-refractivity contribution in [1.29, 1.82) is 0 Å². The lowest BCUT2D eigenvalue weighted by molar-refractivity contribution is -0.142. The Morgan fingerprint density at radius 2 is 1.67 bits per heavy atom. The summed E-state index contributed by atoms with van der Waals surface area (Å²) in [6, 6.07) is 9.58. The molecular formula is C13H20O2. The van der Waals surface area contributed by atoms with Crippen LogP contribution in [-0.2, 0) is 16.0 Å². The van der Waals surface area contributed by atoms with Crippen LogP contribution in [-0.4, -0.2) is 12.6 Å². The van der Waals surface area contributed by atoms with E-state index in [0.29, 0.717) is 13.0 Å². The van der Waals surface area contributed by atoms with E-state index in [1.165, 1.54) is 6.42 Å². The molecule has 0 aliphatic heterocycles. The summed E-state index contributed by atoms with van der Waals surface area (Å²) in [6.07, 6.45) is 1.62. The SMILES string of the molecule is CCC.CCOC(=O)Cc1ccccc1. The van der Waals surface area contributed by atoms with Gasteiger partial charge in [-0.1, -0.05) is 50.6 Å². The number of carbonyl (C=O) groups excluding carboxylic acids is 1. The van der Waals surface area contributed by atoms with E-state index in [-0.39, 0.29) is 5.97 Å². The van der Waals surface area contributed by atoms with Crippen molar-refractivity contribution in [1.82, 2.24) is 0 Å². The van der Waals surface area contributed by atoms with E-state index in [4.69, 9.17) is 4.74 Å². The van der Waals surface area contributed by atoms with E-state index in [0.717, 1.165) is 5.56 Å². The topological polar surface area (TPSA) is 26.3 Å². The minimum atomic E-state index is -0.163. The van der Waals surface area contributed by atoms with E-state index in [9.17, 15) is 4.79 Å². The van der Waals surface area contributed by atoms with Crippen molar-refractivity contribution in [3.05, 3.63) is 35.9 Å². The number of hydrogen-bond acceptors (Lipinski definition) is 2. The highest BCUT2D eigenvalue weighted by Gasteiger charge is 2.01. The number of ether oxygens (including phenoxy) is 1. The lowest BCUT2D eigenvalue weighted by Gasteiger charge is -2.00. The summed E-state index contributed by atoms with van der Waals surface area (Å²) < 4.78 is 4.81. The van der Waals surface area contributed by atoms with Crippen molar-refractivity contribution in [2.75, 3.05) is 6.61 Å². The number of esters is 1. The molecule has 0 radical (unpaired) electrons. The monoisotopic (exact) mass is 208 g/mol. The Balaban J connectivity index is 0.000000583. The lowest BCUT2D eigenvalue weighted by atomic mass is 10.2. The lowest BCUT2D eigenvalue weighted by Crippen LogP contribution is -2.06. The zero-order valence-electron chi connectivity index (χ0n) is 9.82. The molecule has 0 aliphatic carbocycles. The summed E-state index contributed by atoms with van der Waals surface area (Å²) in [7, 11) is 0. The summed E-state index contributed by atoms with van der Waals surface area (Å²) in [5.41, 5.74) is 0.996. The van der Waals surface area contributed by atoms with Crippen LogP contribution < -0.4 is 0 Å². The minimum absolute atomic E-state index is 0.163. The van der Waals surface area contributed by atoms with Crippen molar-refractivity contribution >= 4 is 5.97 Å². The Morgan fingerprint density at radius 1 is 1.13 bits per heavy atom. The third-order valence-corrected chi connectivity index (χ3v) is 1.50. The molecule has 0 bridgehead atoms. The second kappa shape index (κ2) is 9.25. The molecule has 0 unspecified atom stereocenters. The number of rotatable bonds is 3. The van der Waals surface area contributed by atoms with Gasteiger partial charge in [-0.25, -0.2) is 0 Å². The predicted octanol–water partition coefficient (Wildman–Crippen LogP) is 3.21. The molecule has 15 heavy (non-hydrogen) atoms. The van der Waals surface area contributed by atoms with Gasteiger partial charge < -0.3 is 4.74 Å². The molecule has 2 heteroatoms. The van der Waals surface area contributed by atoms with E-state index in [1.807, 2.05) is 37.3 Å². The van der Waals surface area contributed by atoms with Gasteiger partial charge >= 0.3 is 5.97 Å². The summed E-state index contributed by atoms with van der Waals surface area (Å²) in [5, 5.41) is 0. The van der Waals surface area contributed by atoms with Gasteiger partial charge in [-0.3, -0.25) is 4.79 Å². The molecular weight excluding hydrogens is 188 g/mol. The predicted molar refractivity (Wildman–Crippen MR) is 62.7 cm³/mol. The Kier molecular flexibility index (Phi) is 8.44. The number of benzene rings is 1. The van der Waals surface area contributed by atoms with E-state index in [1.54, 1.807) is 0 Å². The second-order valence-corrected chi connectivity index (χ2v) is 3.17. The van der Waals surface area contributed by atoms with Crippen LogP contribution >= 0.6 is 0 Å². The highest BCUT2D eigenvalue weighted by Crippen LogP contribution is 2.00. The molecule has 2 nitrogen and oxygen atoms in total. The fourth-order valence-corrected chi connectivity index (χ4v) is 0.975. The maximum Gasteiger partial charge on any atom is 0.310 e. The second-order valence-electron chi connectivity index (χ2n) is 3.17. The van der Waals surface area contributed by atoms with Crippen LogP contribution in [0.3, 0.4) is 0 Å². The first-order valence-corrected chi connectivity index (χ1v) is 5.44. The van der Waals surface area contributed by atoms with E-state index < -0.39 is 0 Å². The van der Waals surface area contributed by atoms with Crippen molar-refractivity contribution in [2.45, 2.75) is 33.6 Å². The van der Waals surface area contributed by atoms with Gasteiger partial charge in [0.25, 0.3) is 0 Å². The van der Waals surface area contributed by atoms with Crippen LogP contribution in [0.4, 0.5) is 0 Å². The Morgan fingerprint density at radius 3 is 2.13 bits per heavy atom. The quantitative estimate of drug-likeness (QED) is 0.713.